The van der Waals surface area contributed by atoms with Crippen molar-refractivity contribution in [2.45, 2.75) is 31.5 Å². The highest BCUT2D eigenvalue weighted by Crippen LogP contribution is 2.18. The zero-order chi connectivity index (χ0) is 12.1. The molecule has 1 aliphatic rings. The fraction of sp³-hybridized carbons (Fsp3) is 0.818. The number of amides is 2. The number of carbonyl (C=O) groups is 2. The van der Waals surface area contributed by atoms with Crippen LogP contribution in [-0.2, 0) is 9.59 Å². The van der Waals surface area contributed by atoms with Gasteiger partial charge in [0.25, 0.3) is 0 Å². The average molecular weight is 291 g/mol. The zero-order valence-electron chi connectivity index (χ0n) is 9.91. The number of alkyl halides is 1. The fourth-order valence-corrected chi connectivity index (χ4v) is 2.38. The lowest BCUT2D eigenvalue weighted by atomic mass is 10.3. The highest BCUT2D eigenvalue weighted by Gasteiger charge is 2.29. The first-order chi connectivity index (χ1) is 7.60. The number of rotatable bonds is 5. The van der Waals surface area contributed by atoms with Crippen LogP contribution in [0.1, 0.15) is 26.7 Å². The Morgan fingerprint density at radius 3 is 2.56 bits per heavy atom. The van der Waals surface area contributed by atoms with Crippen LogP contribution in [0.4, 0.5) is 0 Å². The molecule has 16 heavy (non-hydrogen) atoms. The number of halogens is 1. The molecule has 5 heteroatoms. The van der Waals surface area contributed by atoms with E-state index in [1.165, 1.54) is 0 Å². The molecule has 1 rings (SSSR count). The summed E-state index contributed by atoms with van der Waals surface area (Å²) >= 11 is 3.32. The molecule has 1 unspecified atom stereocenters. The van der Waals surface area contributed by atoms with E-state index in [2.05, 4.69) is 15.9 Å². The van der Waals surface area contributed by atoms with E-state index in [4.69, 9.17) is 0 Å². The Balaban J connectivity index is 2.35. The number of carbonyl (C=O) groups excluding carboxylic acids is 2. The van der Waals surface area contributed by atoms with Crippen molar-refractivity contribution >= 4 is 27.7 Å². The van der Waals surface area contributed by atoms with Crippen LogP contribution in [0.3, 0.4) is 0 Å². The summed E-state index contributed by atoms with van der Waals surface area (Å²) in [5.74, 6) is 0.253. The standard InChI is InChI=1S/C11H19BrN2O2/c1-3-13(4-2)10(15)6-8-14-7-5-9(12)11(14)16/h9H,3-8H2,1-2H3. The topological polar surface area (TPSA) is 40.6 Å². The first kappa shape index (κ1) is 13.5. The second-order valence-corrected chi connectivity index (χ2v) is 5.00. The Bertz CT molecular complexity index is 267. The van der Waals surface area contributed by atoms with Gasteiger partial charge in [-0.25, -0.2) is 0 Å². The average Bonchev–Trinajstić information content (AvgIpc) is 2.59. The van der Waals surface area contributed by atoms with Gasteiger partial charge in [-0.3, -0.25) is 9.59 Å². The van der Waals surface area contributed by atoms with E-state index in [1.807, 2.05) is 13.8 Å². The summed E-state index contributed by atoms with van der Waals surface area (Å²) in [7, 11) is 0. The first-order valence-corrected chi connectivity index (χ1v) is 6.72. The summed E-state index contributed by atoms with van der Waals surface area (Å²) in [6.45, 7) is 6.74. The number of hydrogen-bond donors (Lipinski definition) is 0. The molecule has 0 saturated carbocycles. The lowest BCUT2D eigenvalue weighted by Gasteiger charge is -2.21. The fourth-order valence-electron chi connectivity index (χ4n) is 1.89. The van der Waals surface area contributed by atoms with Crippen LogP contribution in [0.15, 0.2) is 0 Å². The van der Waals surface area contributed by atoms with Gasteiger partial charge >= 0.3 is 0 Å². The number of hydrogen-bond acceptors (Lipinski definition) is 2. The van der Waals surface area contributed by atoms with Crippen molar-refractivity contribution in [2.75, 3.05) is 26.2 Å². The molecule has 0 radical (unpaired) electrons. The van der Waals surface area contributed by atoms with Crippen molar-refractivity contribution in [3.63, 3.8) is 0 Å². The van der Waals surface area contributed by atoms with E-state index in [0.29, 0.717) is 13.0 Å². The molecule has 1 fully saturated rings. The predicted octanol–water partition coefficient (Wildman–Crippen LogP) is 1.24. The number of likely N-dealkylation sites (tertiary alicyclic amines) is 1. The van der Waals surface area contributed by atoms with Gasteiger partial charge in [0.15, 0.2) is 0 Å². The van der Waals surface area contributed by atoms with Gasteiger partial charge in [-0.15, -0.1) is 0 Å². The normalized spacial score (nSPS) is 20.3. The zero-order valence-corrected chi connectivity index (χ0v) is 11.5. The minimum Gasteiger partial charge on any atom is -0.343 e. The quantitative estimate of drug-likeness (QED) is 0.715. The second-order valence-electron chi connectivity index (χ2n) is 3.90. The minimum absolute atomic E-state index is 0.0453. The lowest BCUT2D eigenvalue weighted by Crippen LogP contribution is -2.35. The Hall–Kier alpha value is -0.580. The molecule has 0 N–H and O–H groups in total. The van der Waals surface area contributed by atoms with Gasteiger partial charge in [-0.2, -0.15) is 0 Å². The molecule has 92 valence electrons. The van der Waals surface area contributed by atoms with Gasteiger partial charge in [0.1, 0.15) is 0 Å². The number of nitrogens with zero attached hydrogens (tertiary/aromatic N) is 2. The van der Waals surface area contributed by atoms with Crippen LogP contribution in [0, 0.1) is 0 Å². The van der Waals surface area contributed by atoms with Gasteiger partial charge in [-0.1, -0.05) is 15.9 Å². The van der Waals surface area contributed by atoms with E-state index >= 15 is 0 Å². The van der Waals surface area contributed by atoms with Crippen LogP contribution in [0.5, 0.6) is 0 Å². The van der Waals surface area contributed by atoms with Gasteiger partial charge in [0, 0.05) is 32.6 Å². The molecule has 0 aromatic heterocycles. The maximum Gasteiger partial charge on any atom is 0.236 e. The van der Waals surface area contributed by atoms with E-state index in [9.17, 15) is 9.59 Å². The highest BCUT2D eigenvalue weighted by molar-refractivity contribution is 9.10. The molecule has 1 atom stereocenters. The van der Waals surface area contributed by atoms with Crippen LogP contribution in [0.25, 0.3) is 0 Å². The van der Waals surface area contributed by atoms with E-state index in [0.717, 1.165) is 26.1 Å². The summed E-state index contributed by atoms with van der Waals surface area (Å²) in [4.78, 5) is 26.8. The Morgan fingerprint density at radius 1 is 1.50 bits per heavy atom. The monoisotopic (exact) mass is 290 g/mol. The van der Waals surface area contributed by atoms with E-state index < -0.39 is 0 Å². The largest absolute Gasteiger partial charge is 0.343 e. The van der Waals surface area contributed by atoms with Gasteiger partial charge in [0.05, 0.1) is 4.83 Å². The van der Waals surface area contributed by atoms with Gasteiger partial charge < -0.3 is 9.80 Å². The summed E-state index contributed by atoms with van der Waals surface area (Å²) in [5.41, 5.74) is 0. The molecule has 1 aliphatic heterocycles. The SMILES string of the molecule is CCN(CC)C(=O)CCN1CCC(Br)C1=O. The van der Waals surface area contributed by atoms with Crippen LogP contribution in [-0.4, -0.2) is 52.6 Å². The van der Waals surface area contributed by atoms with Gasteiger partial charge in [0.2, 0.25) is 11.8 Å². The van der Waals surface area contributed by atoms with Crippen molar-refractivity contribution in [2.24, 2.45) is 0 Å². The Labute approximate surface area is 105 Å². The third kappa shape index (κ3) is 3.20. The van der Waals surface area contributed by atoms with Gasteiger partial charge in [-0.05, 0) is 20.3 Å². The molecular weight excluding hydrogens is 272 g/mol. The molecule has 0 aliphatic carbocycles. The smallest absolute Gasteiger partial charge is 0.236 e. The highest BCUT2D eigenvalue weighted by atomic mass is 79.9. The maximum absolute atomic E-state index is 11.7. The maximum atomic E-state index is 11.7. The van der Waals surface area contributed by atoms with Crippen LogP contribution in [0.2, 0.25) is 0 Å². The van der Waals surface area contributed by atoms with Crippen LogP contribution < -0.4 is 0 Å². The Kier molecular flexibility index (Phi) is 5.25. The summed E-state index contributed by atoms with van der Waals surface area (Å²) < 4.78 is 0. The summed E-state index contributed by atoms with van der Waals surface area (Å²) in [6.07, 6.45) is 1.28. The lowest BCUT2D eigenvalue weighted by molar-refractivity contribution is -0.132. The predicted molar refractivity (Wildman–Crippen MR) is 66.5 cm³/mol. The Morgan fingerprint density at radius 2 is 2.12 bits per heavy atom. The second kappa shape index (κ2) is 6.23. The summed E-state index contributed by atoms with van der Waals surface area (Å²) in [5, 5.41) is 0. The molecule has 0 aromatic carbocycles. The van der Waals surface area contributed by atoms with Crippen molar-refractivity contribution in [3.05, 3.63) is 0 Å². The van der Waals surface area contributed by atoms with Crippen LogP contribution >= 0.6 is 15.9 Å². The molecule has 2 amide bonds. The molecule has 1 saturated heterocycles. The molecule has 0 bridgehead atoms. The minimum atomic E-state index is -0.0453. The van der Waals surface area contributed by atoms with E-state index in [1.54, 1.807) is 9.80 Å². The molecule has 4 nitrogen and oxygen atoms in total. The molecule has 1 heterocycles. The molecular formula is C11H19BrN2O2. The molecule has 0 aromatic rings. The van der Waals surface area contributed by atoms with E-state index in [-0.39, 0.29) is 16.6 Å². The van der Waals surface area contributed by atoms with Crippen molar-refractivity contribution in [1.82, 2.24) is 9.80 Å². The first-order valence-electron chi connectivity index (χ1n) is 5.80. The van der Waals surface area contributed by atoms with Crippen molar-refractivity contribution in [1.29, 1.82) is 0 Å². The van der Waals surface area contributed by atoms with Crippen molar-refractivity contribution < 1.29 is 9.59 Å². The molecule has 0 spiro atoms. The third-order valence-electron chi connectivity index (χ3n) is 2.94. The van der Waals surface area contributed by atoms with Crippen molar-refractivity contribution in [3.8, 4) is 0 Å². The summed E-state index contributed by atoms with van der Waals surface area (Å²) in [6, 6.07) is 0. The third-order valence-corrected chi connectivity index (χ3v) is 3.79.